The molecule has 0 aliphatic heterocycles. The number of hydrogen-bond donors (Lipinski definition) is 2. The van der Waals surface area contributed by atoms with E-state index in [9.17, 15) is 14.0 Å². The van der Waals surface area contributed by atoms with Gasteiger partial charge in [0, 0.05) is 24.2 Å². The predicted molar refractivity (Wildman–Crippen MR) is 101 cm³/mol. The average molecular weight is 385 g/mol. The molecule has 0 radical (unpaired) electrons. The molecule has 7 heteroatoms. The second-order valence-electron chi connectivity index (χ2n) is 6.05. The van der Waals surface area contributed by atoms with Gasteiger partial charge in [-0.1, -0.05) is 29.8 Å². The van der Waals surface area contributed by atoms with E-state index >= 15 is 0 Å². The van der Waals surface area contributed by atoms with E-state index in [0.29, 0.717) is 43.4 Å². The molecule has 1 unspecified atom stereocenters. The van der Waals surface area contributed by atoms with E-state index in [1.807, 2.05) is 0 Å². The van der Waals surface area contributed by atoms with Crippen LogP contribution in [0.3, 0.4) is 0 Å². The number of carbonyl (C=O) groups excluding carboxylic acids is 2. The summed E-state index contributed by atoms with van der Waals surface area (Å²) in [7, 11) is 0. The molecule has 0 bridgehead atoms. The Kier molecular flexibility index (Phi) is 10.6. The Labute approximate surface area is 159 Å². The van der Waals surface area contributed by atoms with Crippen LogP contribution < -0.4 is 10.6 Å². The lowest BCUT2D eigenvalue weighted by atomic mass is 10.1. The van der Waals surface area contributed by atoms with Crippen LogP contribution in [0.5, 0.6) is 0 Å². The largest absolute Gasteiger partial charge is 0.364 e. The van der Waals surface area contributed by atoms with Crippen molar-refractivity contribution in [2.45, 2.75) is 44.6 Å². The zero-order valence-electron chi connectivity index (χ0n) is 14.9. The Hall–Kier alpha value is -1.92. The minimum atomic E-state index is -0.504. The third-order valence-corrected chi connectivity index (χ3v) is 4.26. The van der Waals surface area contributed by atoms with Crippen molar-refractivity contribution in [3.05, 3.63) is 47.9 Å². The highest BCUT2D eigenvalue weighted by Gasteiger charge is 2.22. The SMILES string of the molecule is C=CCNC(=O)CCC(=C)NC(=O)COC1C/C(=C/Cl)CCC/C1=C\F. The van der Waals surface area contributed by atoms with Crippen molar-refractivity contribution >= 4 is 23.4 Å². The number of carbonyl (C=O) groups is 2. The van der Waals surface area contributed by atoms with E-state index in [4.69, 9.17) is 16.3 Å². The van der Waals surface area contributed by atoms with Gasteiger partial charge < -0.3 is 15.4 Å². The van der Waals surface area contributed by atoms with Gasteiger partial charge in [-0.2, -0.15) is 0 Å². The maximum atomic E-state index is 13.1. The molecule has 0 saturated heterocycles. The van der Waals surface area contributed by atoms with Crippen molar-refractivity contribution in [3.8, 4) is 0 Å². The van der Waals surface area contributed by atoms with Gasteiger partial charge in [-0.25, -0.2) is 4.39 Å². The molecule has 0 heterocycles. The number of ether oxygens (including phenoxy) is 1. The van der Waals surface area contributed by atoms with Crippen molar-refractivity contribution in [1.82, 2.24) is 10.6 Å². The van der Waals surface area contributed by atoms with Crippen molar-refractivity contribution in [1.29, 1.82) is 0 Å². The predicted octanol–water partition coefficient (Wildman–Crippen LogP) is 3.63. The first kappa shape index (κ1) is 22.1. The molecule has 1 aliphatic rings. The van der Waals surface area contributed by atoms with Gasteiger partial charge >= 0.3 is 0 Å². The molecule has 0 aromatic carbocycles. The van der Waals surface area contributed by atoms with Crippen LogP contribution in [0.1, 0.15) is 38.5 Å². The van der Waals surface area contributed by atoms with Crippen LogP contribution in [-0.4, -0.2) is 31.1 Å². The summed E-state index contributed by atoms with van der Waals surface area (Å²) in [5.74, 6) is -0.534. The van der Waals surface area contributed by atoms with Crippen molar-refractivity contribution in [3.63, 3.8) is 0 Å². The number of rotatable bonds is 9. The Balaban J connectivity index is 2.40. The van der Waals surface area contributed by atoms with E-state index in [1.54, 1.807) is 6.08 Å². The summed E-state index contributed by atoms with van der Waals surface area (Å²) in [6.45, 7) is 7.42. The van der Waals surface area contributed by atoms with Crippen LogP contribution in [0.15, 0.2) is 47.9 Å². The van der Waals surface area contributed by atoms with Crippen LogP contribution in [0, 0.1) is 0 Å². The third-order valence-electron chi connectivity index (χ3n) is 3.95. The van der Waals surface area contributed by atoms with Gasteiger partial charge in [0.15, 0.2) is 0 Å². The molecular weight excluding hydrogens is 359 g/mol. The molecule has 1 fully saturated rings. The fourth-order valence-corrected chi connectivity index (χ4v) is 2.75. The lowest BCUT2D eigenvalue weighted by molar-refractivity contribution is -0.126. The van der Waals surface area contributed by atoms with Crippen LogP contribution in [-0.2, 0) is 14.3 Å². The Morgan fingerprint density at radius 1 is 1.31 bits per heavy atom. The summed E-state index contributed by atoms with van der Waals surface area (Å²) in [6, 6.07) is 0. The number of hydrogen-bond acceptors (Lipinski definition) is 3. The van der Waals surface area contributed by atoms with Crippen LogP contribution in [0.2, 0.25) is 0 Å². The van der Waals surface area contributed by atoms with Crippen LogP contribution >= 0.6 is 11.6 Å². The Morgan fingerprint density at radius 3 is 2.73 bits per heavy atom. The maximum Gasteiger partial charge on any atom is 0.250 e. The number of allylic oxidation sites excluding steroid dienone is 1. The van der Waals surface area contributed by atoms with Crippen LogP contribution in [0.25, 0.3) is 0 Å². The zero-order valence-corrected chi connectivity index (χ0v) is 15.6. The number of halogens is 2. The fraction of sp³-hybridized carbons (Fsp3) is 0.474. The smallest absolute Gasteiger partial charge is 0.250 e. The van der Waals surface area contributed by atoms with Gasteiger partial charge in [-0.05, 0) is 37.7 Å². The zero-order chi connectivity index (χ0) is 19.4. The second kappa shape index (κ2) is 12.4. The second-order valence-corrected chi connectivity index (χ2v) is 6.27. The molecule has 1 rings (SSSR count). The van der Waals surface area contributed by atoms with E-state index in [0.717, 1.165) is 18.4 Å². The quantitative estimate of drug-likeness (QED) is 0.471. The van der Waals surface area contributed by atoms with Gasteiger partial charge in [0.05, 0.1) is 12.4 Å². The number of nitrogens with one attached hydrogen (secondary N) is 2. The standard InChI is InChI=1S/C19H26ClFN2O3/c1-3-9-22-18(24)8-7-14(2)23-19(25)13-26-17-10-15(11-20)5-4-6-16(17)12-21/h3,11-12,17H,1-2,4-10,13H2,(H,22,24)(H,23,25)/b15-11+,16-12+. The van der Waals surface area contributed by atoms with Gasteiger partial charge in [0.1, 0.15) is 6.61 Å². The van der Waals surface area contributed by atoms with Gasteiger partial charge in [-0.15, -0.1) is 6.58 Å². The molecule has 26 heavy (non-hydrogen) atoms. The van der Waals surface area contributed by atoms with E-state index in [-0.39, 0.29) is 24.8 Å². The first-order valence-corrected chi connectivity index (χ1v) is 8.97. The first-order valence-electron chi connectivity index (χ1n) is 8.54. The Bertz CT molecular complexity index is 587. The molecule has 1 aliphatic carbocycles. The van der Waals surface area contributed by atoms with Gasteiger partial charge in [0.25, 0.3) is 0 Å². The number of amides is 2. The van der Waals surface area contributed by atoms with Crippen molar-refractivity contribution < 1.29 is 18.7 Å². The van der Waals surface area contributed by atoms with Gasteiger partial charge in [-0.3, -0.25) is 9.59 Å². The molecule has 0 aromatic heterocycles. The molecular formula is C19H26ClFN2O3. The summed E-state index contributed by atoms with van der Waals surface area (Å²) in [4.78, 5) is 23.5. The lowest BCUT2D eigenvalue weighted by Gasteiger charge is -2.18. The monoisotopic (exact) mass is 384 g/mol. The minimum Gasteiger partial charge on any atom is -0.364 e. The fourth-order valence-electron chi connectivity index (χ4n) is 2.55. The topological polar surface area (TPSA) is 67.4 Å². The molecule has 1 atom stereocenters. The normalized spacial score (nSPS) is 20.5. The highest BCUT2D eigenvalue weighted by Crippen LogP contribution is 2.29. The van der Waals surface area contributed by atoms with Crippen molar-refractivity contribution in [2.24, 2.45) is 0 Å². The van der Waals surface area contributed by atoms with E-state index in [2.05, 4.69) is 23.8 Å². The van der Waals surface area contributed by atoms with Crippen molar-refractivity contribution in [2.75, 3.05) is 13.2 Å². The molecule has 5 nitrogen and oxygen atoms in total. The van der Waals surface area contributed by atoms with E-state index < -0.39 is 6.10 Å². The first-order chi connectivity index (χ1) is 12.5. The Morgan fingerprint density at radius 2 is 2.08 bits per heavy atom. The summed E-state index contributed by atoms with van der Waals surface area (Å²) in [5, 5.41) is 5.23. The van der Waals surface area contributed by atoms with Gasteiger partial charge in [0.2, 0.25) is 11.8 Å². The molecule has 0 spiro atoms. The summed E-state index contributed by atoms with van der Waals surface area (Å²) < 4.78 is 18.7. The third kappa shape index (κ3) is 8.45. The maximum absolute atomic E-state index is 13.1. The summed E-state index contributed by atoms with van der Waals surface area (Å²) in [6.07, 6.45) is 4.81. The van der Waals surface area contributed by atoms with Crippen LogP contribution in [0.4, 0.5) is 4.39 Å². The van der Waals surface area contributed by atoms with E-state index in [1.165, 1.54) is 5.54 Å². The molecule has 2 N–H and O–H groups in total. The minimum absolute atomic E-state index is 0.145. The summed E-state index contributed by atoms with van der Waals surface area (Å²) in [5.41, 5.74) is 3.43. The highest BCUT2D eigenvalue weighted by molar-refractivity contribution is 6.25. The lowest BCUT2D eigenvalue weighted by Crippen LogP contribution is -2.30. The molecule has 0 aromatic rings. The summed E-state index contributed by atoms with van der Waals surface area (Å²) >= 11 is 5.77. The highest BCUT2D eigenvalue weighted by atomic mass is 35.5. The molecule has 1 saturated carbocycles. The average Bonchev–Trinajstić information content (AvgIpc) is 2.84. The molecule has 144 valence electrons. The molecule has 2 amide bonds.